The van der Waals surface area contributed by atoms with Crippen LogP contribution in [0.25, 0.3) is 0 Å². The Balaban J connectivity index is 2.41. The smallest absolute Gasteiger partial charge is 0.211 e. The molecule has 1 fully saturated rings. The van der Waals surface area contributed by atoms with Gasteiger partial charge in [0.15, 0.2) is 0 Å². The zero-order valence-corrected chi connectivity index (χ0v) is 8.74. The Bertz CT molecular complexity index is 236. The largest absolute Gasteiger partial charge is 0.227 e. The second-order valence-corrected chi connectivity index (χ2v) is 5.96. The summed E-state index contributed by atoms with van der Waals surface area (Å²) in [6, 6.07) is 0. The predicted octanol–water partition coefficient (Wildman–Crippen LogP) is 1.24. The molecule has 1 rings (SSSR count). The maximum atomic E-state index is 11.2. The minimum absolute atomic E-state index is 0.309. The lowest BCUT2D eigenvalue weighted by Crippen LogP contribution is -2.34. The second kappa shape index (κ2) is 3.94. The van der Waals surface area contributed by atoms with E-state index >= 15 is 0 Å². The summed E-state index contributed by atoms with van der Waals surface area (Å²) in [5.74, 6) is 0.563. The first-order valence-corrected chi connectivity index (χ1v) is 6.20. The molecule has 12 heavy (non-hydrogen) atoms. The lowest BCUT2D eigenvalue weighted by molar-refractivity contribution is 0.263. The molecule has 5 heteroatoms. The molecule has 72 valence electrons. The summed E-state index contributed by atoms with van der Waals surface area (Å²) in [4.78, 5) is 0. The number of rotatable bonds is 4. The van der Waals surface area contributed by atoms with E-state index in [9.17, 15) is 8.42 Å². The van der Waals surface area contributed by atoms with Gasteiger partial charge in [-0.15, -0.1) is 11.6 Å². The van der Waals surface area contributed by atoms with Crippen LogP contribution in [0, 0.1) is 5.92 Å². The van der Waals surface area contributed by atoms with Crippen molar-refractivity contribution < 1.29 is 8.42 Å². The van der Waals surface area contributed by atoms with Gasteiger partial charge in [-0.3, -0.25) is 0 Å². The van der Waals surface area contributed by atoms with Gasteiger partial charge in [0.25, 0.3) is 0 Å². The van der Waals surface area contributed by atoms with Crippen LogP contribution in [0.3, 0.4) is 0 Å². The van der Waals surface area contributed by atoms with Crippen LogP contribution in [0.2, 0.25) is 0 Å². The summed E-state index contributed by atoms with van der Waals surface area (Å²) in [6.07, 6.45) is 3.55. The minimum atomic E-state index is -3.17. The Morgan fingerprint density at radius 3 is 2.42 bits per heavy atom. The molecule has 0 spiro atoms. The van der Waals surface area contributed by atoms with Crippen molar-refractivity contribution >= 4 is 21.6 Å². The number of hydrogen-bond acceptors (Lipinski definition) is 2. The Kier molecular flexibility index (Phi) is 3.37. The molecule has 0 bridgehead atoms. The molecule has 1 saturated carbocycles. The first-order chi connectivity index (χ1) is 5.56. The molecule has 0 aromatic rings. The van der Waals surface area contributed by atoms with E-state index in [-0.39, 0.29) is 5.21 Å². The van der Waals surface area contributed by atoms with Crippen LogP contribution in [0.1, 0.15) is 19.3 Å². The Morgan fingerprint density at radius 2 is 2.08 bits per heavy atom. The third-order valence-electron chi connectivity index (χ3n) is 2.35. The first-order valence-electron chi connectivity index (χ1n) is 4.06. The van der Waals surface area contributed by atoms with Crippen molar-refractivity contribution in [1.29, 1.82) is 0 Å². The maximum Gasteiger partial charge on any atom is 0.227 e. The molecule has 0 heterocycles. The van der Waals surface area contributed by atoms with E-state index in [1.54, 1.807) is 7.05 Å². The third kappa shape index (κ3) is 2.34. The van der Waals surface area contributed by atoms with Crippen LogP contribution < -0.4 is 0 Å². The van der Waals surface area contributed by atoms with Crippen molar-refractivity contribution in [2.24, 2.45) is 5.92 Å². The van der Waals surface area contributed by atoms with Crippen LogP contribution in [0.5, 0.6) is 0 Å². The molecule has 1 aliphatic rings. The molecular formula is C7H14ClNO2S. The van der Waals surface area contributed by atoms with Crippen molar-refractivity contribution in [1.82, 2.24) is 4.31 Å². The average molecular weight is 212 g/mol. The highest BCUT2D eigenvalue weighted by Crippen LogP contribution is 2.27. The number of hydrogen-bond donors (Lipinski definition) is 0. The molecular weight excluding hydrogens is 198 g/mol. The van der Waals surface area contributed by atoms with E-state index in [0.29, 0.717) is 12.5 Å². The number of alkyl halides is 1. The summed E-state index contributed by atoms with van der Waals surface area (Å²) < 4.78 is 23.7. The standard InChI is InChI=1S/C7H14ClNO2S/c1-9(12(10,11)6-8)5-7-3-2-4-7/h7H,2-6H2,1H3. The molecule has 1 aliphatic carbocycles. The average Bonchev–Trinajstić information content (AvgIpc) is 1.96. The normalized spacial score (nSPS) is 19.6. The van der Waals surface area contributed by atoms with Gasteiger partial charge in [-0.1, -0.05) is 6.42 Å². The minimum Gasteiger partial charge on any atom is -0.211 e. The van der Waals surface area contributed by atoms with Gasteiger partial charge in [0.1, 0.15) is 5.21 Å². The fourth-order valence-corrected chi connectivity index (χ4v) is 2.34. The van der Waals surface area contributed by atoms with Gasteiger partial charge in [0.2, 0.25) is 10.0 Å². The van der Waals surface area contributed by atoms with E-state index in [1.165, 1.54) is 10.7 Å². The van der Waals surface area contributed by atoms with Crippen LogP contribution in [0.15, 0.2) is 0 Å². The summed E-state index contributed by atoms with van der Waals surface area (Å²) in [5.41, 5.74) is 0. The third-order valence-corrected chi connectivity index (χ3v) is 4.55. The fourth-order valence-electron chi connectivity index (χ4n) is 1.24. The second-order valence-electron chi connectivity index (χ2n) is 3.30. The Hall–Kier alpha value is 0.200. The molecule has 0 unspecified atom stereocenters. The number of halogens is 1. The summed E-state index contributed by atoms with van der Waals surface area (Å²) in [5, 5.41) is -0.309. The lowest BCUT2D eigenvalue weighted by atomic mass is 9.86. The highest BCUT2D eigenvalue weighted by atomic mass is 35.5. The van der Waals surface area contributed by atoms with Gasteiger partial charge in [0, 0.05) is 13.6 Å². The van der Waals surface area contributed by atoms with Crippen LogP contribution in [-0.4, -0.2) is 31.5 Å². The van der Waals surface area contributed by atoms with Crippen LogP contribution in [-0.2, 0) is 10.0 Å². The van der Waals surface area contributed by atoms with Gasteiger partial charge in [0.05, 0.1) is 0 Å². The van der Waals surface area contributed by atoms with E-state index < -0.39 is 10.0 Å². The topological polar surface area (TPSA) is 37.4 Å². The van der Waals surface area contributed by atoms with Crippen LogP contribution >= 0.6 is 11.6 Å². The van der Waals surface area contributed by atoms with E-state index in [0.717, 1.165) is 12.8 Å². The highest BCUT2D eigenvalue weighted by Gasteiger charge is 2.24. The van der Waals surface area contributed by atoms with E-state index in [4.69, 9.17) is 11.6 Å². The first kappa shape index (κ1) is 10.3. The predicted molar refractivity (Wildman–Crippen MR) is 49.6 cm³/mol. The molecule has 0 aliphatic heterocycles. The molecule has 0 N–H and O–H groups in total. The summed E-state index contributed by atoms with van der Waals surface area (Å²) in [6.45, 7) is 0.634. The zero-order valence-electron chi connectivity index (χ0n) is 7.16. The summed E-state index contributed by atoms with van der Waals surface area (Å²) in [7, 11) is -1.58. The van der Waals surface area contributed by atoms with Crippen molar-refractivity contribution in [2.75, 3.05) is 18.8 Å². The molecule has 3 nitrogen and oxygen atoms in total. The van der Waals surface area contributed by atoms with Crippen molar-refractivity contribution in [3.63, 3.8) is 0 Å². The molecule has 0 saturated heterocycles. The van der Waals surface area contributed by atoms with Gasteiger partial charge < -0.3 is 0 Å². The number of nitrogens with zero attached hydrogens (tertiary/aromatic N) is 1. The van der Waals surface area contributed by atoms with Crippen molar-refractivity contribution in [2.45, 2.75) is 19.3 Å². The summed E-state index contributed by atoms with van der Waals surface area (Å²) >= 11 is 5.30. The molecule has 0 aromatic heterocycles. The van der Waals surface area contributed by atoms with Gasteiger partial charge >= 0.3 is 0 Å². The van der Waals surface area contributed by atoms with Crippen LogP contribution in [0.4, 0.5) is 0 Å². The van der Waals surface area contributed by atoms with E-state index in [2.05, 4.69) is 0 Å². The lowest BCUT2D eigenvalue weighted by Gasteiger charge is -2.29. The quantitative estimate of drug-likeness (QED) is 0.657. The van der Waals surface area contributed by atoms with Gasteiger partial charge in [-0.2, -0.15) is 0 Å². The highest BCUT2D eigenvalue weighted by molar-refractivity contribution is 7.90. The van der Waals surface area contributed by atoms with Gasteiger partial charge in [-0.05, 0) is 18.8 Å². The molecule has 0 aromatic carbocycles. The molecule has 0 amide bonds. The fraction of sp³-hybridized carbons (Fsp3) is 1.00. The number of sulfonamides is 1. The zero-order chi connectivity index (χ0) is 9.19. The molecule has 0 atom stereocenters. The molecule has 0 radical (unpaired) electrons. The van der Waals surface area contributed by atoms with Crippen molar-refractivity contribution in [3.8, 4) is 0 Å². The van der Waals surface area contributed by atoms with E-state index in [1.807, 2.05) is 0 Å². The monoisotopic (exact) mass is 211 g/mol. The Labute approximate surface area is 78.7 Å². The van der Waals surface area contributed by atoms with Gasteiger partial charge in [-0.25, -0.2) is 12.7 Å². The van der Waals surface area contributed by atoms with Crippen molar-refractivity contribution in [3.05, 3.63) is 0 Å². The Morgan fingerprint density at radius 1 is 1.50 bits per heavy atom. The SMILES string of the molecule is CN(CC1CCC1)S(=O)(=O)CCl. The maximum absolute atomic E-state index is 11.2.